The summed E-state index contributed by atoms with van der Waals surface area (Å²) in [6.07, 6.45) is 8.00. The highest BCUT2D eigenvalue weighted by atomic mass is 35.5. The highest BCUT2D eigenvalue weighted by Crippen LogP contribution is 2.29. The Morgan fingerprint density at radius 3 is 2.36 bits per heavy atom. The van der Waals surface area contributed by atoms with Crippen LogP contribution in [-0.2, 0) is 6.42 Å². The minimum absolute atomic E-state index is 0.317. The first kappa shape index (κ1) is 20.0. The third-order valence-corrected chi connectivity index (χ3v) is 5.32. The molecular weight excluding hydrogens is 328 g/mol. The van der Waals surface area contributed by atoms with E-state index in [2.05, 4.69) is 50.2 Å². The Morgan fingerprint density at radius 1 is 0.880 bits per heavy atom. The van der Waals surface area contributed by atoms with Crippen molar-refractivity contribution in [3.63, 3.8) is 0 Å². The molecule has 0 saturated heterocycles. The Balaban J connectivity index is 2.02. The molecule has 0 bridgehead atoms. The lowest BCUT2D eigenvalue weighted by Gasteiger charge is -2.19. The predicted octanol–water partition coefficient (Wildman–Crippen LogP) is 6.62. The summed E-state index contributed by atoms with van der Waals surface area (Å²) in [5.74, 6) is 0.513. The maximum absolute atomic E-state index is 8.88. The molecule has 0 aromatic heterocycles. The molecular formula is C23H31ClO. The van der Waals surface area contributed by atoms with Gasteiger partial charge in [-0.1, -0.05) is 67.6 Å². The Morgan fingerprint density at radius 2 is 1.64 bits per heavy atom. The zero-order valence-corrected chi connectivity index (χ0v) is 16.4. The van der Waals surface area contributed by atoms with Crippen LogP contribution in [0.15, 0.2) is 42.5 Å². The molecule has 1 atom stereocenters. The summed E-state index contributed by atoms with van der Waals surface area (Å²) in [7, 11) is 0. The Kier molecular flexibility index (Phi) is 8.51. The molecule has 136 valence electrons. The van der Waals surface area contributed by atoms with Crippen LogP contribution < -0.4 is 0 Å². The van der Waals surface area contributed by atoms with Gasteiger partial charge in [-0.15, -0.1) is 0 Å². The molecule has 1 unspecified atom stereocenters. The number of rotatable bonds is 10. The molecule has 0 radical (unpaired) electrons. The SMILES string of the molecule is Cc1ccc(CC(CCCCCCCO)c2cccc(Cl)c2)cc1C. The highest BCUT2D eigenvalue weighted by molar-refractivity contribution is 6.30. The number of unbranched alkanes of at least 4 members (excludes halogenated alkanes) is 4. The Bertz CT molecular complexity index is 650. The number of hydrogen-bond acceptors (Lipinski definition) is 1. The summed E-state index contributed by atoms with van der Waals surface area (Å²) < 4.78 is 0. The van der Waals surface area contributed by atoms with E-state index in [1.807, 2.05) is 6.07 Å². The van der Waals surface area contributed by atoms with Crippen molar-refractivity contribution < 1.29 is 5.11 Å². The number of aliphatic hydroxyl groups excluding tert-OH is 1. The molecule has 25 heavy (non-hydrogen) atoms. The van der Waals surface area contributed by atoms with Crippen molar-refractivity contribution in [3.05, 3.63) is 69.7 Å². The number of aliphatic hydroxyl groups is 1. The van der Waals surface area contributed by atoms with Crippen molar-refractivity contribution >= 4 is 11.6 Å². The lowest BCUT2D eigenvalue weighted by atomic mass is 9.87. The van der Waals surface area contributed by atoms with E-state index in [0.29, 0.717) is 12.5 Å². The molecule has 0 spiro atoms. The number of halogens is 1. The van der Waals surface area contributed by atoms with Gasteiger partial charge >= 0.3 is 0 Å². The third-order valence-electron chi connectivity index (χ3n) is 5.08. The van der Waals surface area contributed by atoms with E-state index in [-0.39, 0.29) is 0 Å². The first-order valence-corrected chi connectivity index (χ1v) is 9.90. The minimum Gasteiger partial charge on any atom is -0.396 e. The molecule has 0 saturated carbocycles. The van der Waals surface area contributed by atoms with Crippen LogP contribution in [0.2, 0.25) is 5.02 Å². The van der Waals surface area contributed by atoms with Crippen LogP contribution in [-0.4, -0.2) is 11.7 Å². The molecule has 2 rings (SSSR count). The zero-order valence-electron chi connectivity index (χ0n) is 15.6. The average molecular weight is 359 g/mol. The predicted molar refractivity (Wildman–Crippen MR) is 109 cm³/mol. The molecule has 2 aromatic rings. The minimum atomic E-state index is 0.317. The van der Waals surface area contributed by atoms with E-state index in [1.54, 1.807) is 0 Å². The molecule has 0 amide bonds. The molecule has 0 aliphatic carbocycles. The Hall–Kier alpha value is -1.31. The smallest absolute Gasteiger partial charge is 0.0431 e. The van der Waals surface area contributed by atoms with E-state index in [1.165, 1.54) is 47.9 Å². The number of aryl methyl sites for hydroxylation is 2. The maximum atomic E-state index is 8.88. The fourth-order valence-corrected chi connectivity index (χ4v) is 3.59. The number of benzene rings is 2. The van der Waals surface area contributed by atoms with Crippen LogP contribution in [0.4, 0.5) is 0 Å². The van der Waals surface area contributed by atoms with Gasteiger partial charge in [0.2, 0.25) is 0 Å². The molecule has 0 heterocycles. The Labute approximate surface area is 158 Å². The van der Waals surface area contributed by atoms with E-state index in [4.69, 9.17) is 16.7 Å². The summed E-state index contributed by atoms with van der Waals surface area (Å²) in [6, 6.07) is 15.2. The fourth-order valence-electron chi connectivity index (χ4n) is 3.39. The first-order valence-electron chi connectivity index (χ1n) is 9.52. The van der Waals surface area contributed by atoms with Gasteiger partial charge < -0.3 is 5.11 Å². The maximum Gasteiger partial charge on any atom is 0.0431 e. The lowest BCUT2D eigenvalue weighted by Crippen LogP contribution is -2.04. The summed E-state index contributed by atoms with van der Waals surface area (Å²) in [5, 5.41) is 9.70. The topological polar surface area (TPSA) is 20.2 Å². The van der Waals surface area contributed by atoms with Crippen molar-refractivity contribution in [3.8, 4) is 0 Å². The number of hydrogen-bond donors (Lipinski definition) is 1. The fraction of sp³-hybridized carbons (Fsp3) is 0.478. The van der Waals surface area contributed by atoms with Crippen LogP contribution in [0.3, 0.4) is 0 Å². The first-order chi connectivity index (χ1) is 12.1. The summed E-state index contributed by atoms with van der Waals surface area (Å²) >= 11 is 6.23. The van der Waals surface area contributed by atoms with Gasteiger partial charge in [0.1, 0.15) is 0 Å². The largest absolute Gasteiger partial charge is 0.396 e. The molecule has 2 heteroatoms. The third kappa shape index (κ3) is 6.84. The molecule has 1 N–H and O–H groups in total. The second-order valence-electron chi connectivity index (χ2n) is 7.15. The van der Waals surface area contributed by atoms with Gasteiger partial charge in [-0.25, -0.2) is 0 Å². The van der Waals surface area contributed by atoms with Gasteiger partial charge in [-0.3, -0.25) is 0 Å². The summed E-state index contributed by atoms with van der Waals surface area (Å²) in [5.41, 5.74) is 5.48. The molecule has 0 fully saturated rings. The van der Waals surface area contributed by atoms with Crippen LogP contribution in [0, 0.1) is 13.8 Å². The molecule has 0 aliphatic heterocycles. The second-order valence-corrected chi connectivity index (χ2v) is 7.59. The van der Waals surface area contributed by atoms with Gasteiger partial charge in [0, 0.05) is 11.6 Å². The molecule has 1 nitrogen and oxygen atoms in total. The van der Waals surface area contributed by atoms with Gasteiger partial charge in [0.05, 0.1) is 0 Å². The molecule has 2 aromatic carbocycles. The van der Waals surface area contributed by atoms with Crippen LogP contribution in [0.25, 0.3) is 0 Å². The van der Waals surface area contributed by atoms with Crippen molar-refractivity contribution in [2.45, 2.75) is 64.7 Å². The molecule has 0 aliphatic rings. The van der Waals surface area contributed by atoms with Crippen molar-refractivity contribution in [2.24, 2.45) is 0 Å². The van der Waals surface area contributed by atoms with E-state index in [0.717, 1.165) is 24.3 Å². The van der Waals surface area contributed by atoms with Crippen molar-refractivity contribution in [1.82, 2.24) is 0 Å². The standard InChI is InChI=1S/C23H31ClO/c1-18-12-13-20(15-19(18)2)16-21(9-6-4-3-5-7-14-25)22-10-8-11-23(24)17-22/h8,10-13,15,17,21,25H,3-7,9,14,16H2,1-2H3. The average Bonchev–Trinajstić information content (AvgIpc) is 2.60. The zero-order chi connectivity index (χ0) is 18.1. The normalized spacial score (nSPS) is 12.3. The van der Waals surface area contributed by atoms with Crippen molar-refractivity contribution in [2.75, 3.05) is 6.61 Å². The van der Waals surface area contributed by atoms with E-state index >= 15 is 0 Å². The highest BCUT2D eigenvalue weighted by Gasteiger charge is 2.13. The van der Waals surface area contributed by atoms with Gasteiger partial charge in [0.25, 0.3) is 0 Å². The van der Waals surface area contributed by atoms with E-state index in [9.17, 15) is 0 Å². The quantitative estimate of drug-likeness (QED) is 0.473. The monoisotopic (exact) mass is 358 g/mol. The van der Waals surface area contributed by atoms with Crippen LogP contribution in [0.5, 0.6) is 0 Å². The second kappa shape index (κ2) is 10.6. The van der Waals surface area contributed by atoms with Gasteiger partial charge in [-0.2, -0.15) is 0 Å². The van der Waals surface area contributed by atoms with Crippen molar-refractivity contribution in [1.29, 1.82) is 0 Å². The summed E-state index contributed by atoms with van der Waals surface area (Å²) in [4.78, 5) is 0. The van der Waals surface area contributed by atoms with Gasteiger partial charge in [-0.05, 0) is 73.4 Å². The van der Waals surface area contributed by atoms with Gasteiger partial charge in [0.15, 0.2) is 0 Å². The van der Waals surface area contributed by atoms with Crippen LogP contribution >= 0.6 is 11.6 Å². The van der Waals surface area contributed by atoms with E-state index < -0.39 is 0 Å². The lowest BCUT2D eigenvalue weighted by molar-refractivity contribution is 0.282. The summed E-state index contributed by atoms with van der Waals surface area (Å²) in [6.45, 7) is 4.67. The van der Waals surface area contributed by atoms with Crippen LogP contribution in [0.1, 0.15) is 66.7 Å².